The second kappa shape index (κ2) is 10.1. The molecular weight excluding hydrogens is 511 g/mol. The van der Waals surface area contributed by atoms with Crippen LogP contribution in [0.25, 0.3) is 5.69 Å². The van der Waals surface area contributed by atoms with E-state index in [1.807, 2.05) is 16.4 Å². The van der Waals surface area contributed by atoms with Gasteiger partial charge in [0.05, 0.1) is 33.0 Å². The third kappa shape index (κ3) is 4.77. The zero-order valence-corrected chi connectivity index (χ0v) is 20.7. The number of alkyl halides is 3. The maximum Gasteiger partial charge on any atom is 0.435 e. The molecule has 0 saturated heterocycles. The molecule has 3 aromatic rings. The van der Waals surface area contributed by atoms with Crippen LogP contribution in [0.15, 0.2) is 53.5 Å². The molecule has 0 unspecified atom stereocenters. The summed E-state index contributed by atoms with van der Waals surface area (Å²) < 4.78 is 54.4. The molecule has 0 saturated carbocycles. The highest BCUT2D eigenvalue weighted by molar-refractivity contribution is 7.92. The van der Waals surface area contributed by atoms with Gasteiger partial charge in [-0.3, -0.25) is 14.1 Å². The molecule has 1 aromatic heterocycles. The summed E-state index contributed by atoms with van der Waals surface area (Å²) in [5.41, 5.74) is 0.437. The summed E-state index contributed by atoms with van der Waals surface area (Å²) in [6.07, 6.45) is -4.68. The van der Waals surface area contributed by atoms with Gasteiger partial charge in [0, 0.05) is 23.4 Å². The van der Waals surface area contributed by atoms with Crippen LogP contribution in [-0.2, 0) is 21.8 Å². The number of halogens is 3. The minimum atomic E-state index is -4.69. The standard InChI is InChI=1S/C24H22F3N5O4S/c1-34-18-9-7-17(8-10-18)32-20-19(21(29-32)24(25,26)27)11-13-30(23(20)33)16-5-3-15(4-6-16)22-28-12-14-31(22)37-36-35-2/h3-10H,11-14H2,1-2H3. The van der Waals surface area contributed by atoms with Gasteiger partial charge < -0.3 is 9.64 Å². The average Bonchev–Trinajstić information content (AvgIpc) is 3.53. The van der Waals surface area contributed by atoms with Gasteiger partial charge in [-0.15, -0.1) is 4.33 Å². The van der Waals surface area contributed by atoms with E-state index in [0.29, 0.717) is 36.0 Å². The number of ether oxygens (including phenoxy) is 1. The maximum atomic E-state index is 13.8. The lowest BCUT2D eigenvalue weighted by atomic mass is 10.0. The monoisotopic (exact) mass is 533 g/mol. The Labute approximate surface area is 214 Å². The van der Waals surface area contributed by atoms with Crippen molar-refractivity contribution in [3.63, 3.8) is 0 Å². The van der Waals surface area contributed by atoms with Gasteiger partial charge in [0.15, 0.2) is 17.9 Å². The highest BCUT2D eigenvalue weighted by Gasteiger charge is 2.43. The van der Waals surface area contributed by atoms with E-state index in [1.54, 1.807) is 36.4 Å². The minimum Gasteiger partial charge on any atom is -0.497 e. The maximum absolute atomic E-state index is 13.8. The van der Waals surface area contributed by atoms with Crippen molar-refractivity contribution in [2.45, 2.75) is 12.6 Å². The Morgan fingerprint density at radius 1 is 0.973 bits per heavy atom. The van der Waals surface area contributed by atoms with Crippen LogP contribution in [0.2, 0.25) is 0 Å². The Hall–Kier alpha value is -3.55. The Kier molecular flexibility index (Phi) is 6.84. The van der Waals surface area contributed by atoms with Gasteiger partial charge in [0.25, 0.3) is 5.91 Å². The summed E-state index contributed by atoms with van der Waals surface area (Å²) in [5.74, 6) is 0.677. The van der Waals surface area contributed by atoms with Crippen LogP contribution in [0.1, 0.15) is 27.3 Å². The lowest BCUT2D eigenvalue weighted by molar-refractivity contribution is -0.162. The normalized spacial score (nSPS) is 15.7. The van der Waals surface area contributed by atoms with Crippen molar-refractivity contribution < 1.29 is 31.9 Å². The summed E-state index contributed by atoms with van der Waals surface area (Å²) in [6, 6.07) is 13.4. The number of aromatic nitrogens is 2. The van der Waals surface area contributed by atoms with E-state index in [0.717, 1.165) is 22.5 Å². The number of carbonyl (C=O) groups is 1. The number of rotatable bonds is 7. The van der Waals surface area contributed by atoms with Crippen molar-refractivity contribution in [2.75, 3.05) is 38.8 Å². The predicted octanol–water partition coefficient (Wildman–Crippen LogP) is 4.31. The number of nitrogens with zero attached hydrogens (tertiary/aromatic N) is 5. The van der Waals surface area contributed by atoms with Gasteiger partial charge in [-0.05, 0) is 55.0 Å². The largest absolute Gasteiger partial charge is 0.497 e. The predicted molar refractivity (Wildman–Crippen MR) is 131 cm³/mol. The van der Waals surface area contributed by atoms with Gasteiger partial charge in [-0.25, -0.2) is 9.57 Å². The number of amides is 1. The number of hydrogen-bond acceptors (Lipinski definition) is 8. The Balaban J connectivity index is 1.47. The second-order valence-electron chi connectivity index (χ2n) is 8.15. The van der Waals surface area contributed by atoms with Crippen LogP contribution < -0.4 is 9.64 Å². The van der Waals surface area contributed by atoms with Crippen molar-refractivity contribution >= 4 is 29.7 Å². The Morgan fingerprint density at radius 2 is 1.68 bits per heavy atom. The molecule has 194 valence electrons. The van der Waals surface area contributed by atoms with E-state index in [9.17, 15) is 18.0 Å². The van der Waals surface area contributed by atoms with Crippen LogP contribution in [0.4, 0.5) is 18.9 Å². The molecule has 0 radical (unpaired) electrons. The van der Waals surface area contributed by atoms with Crippen molar-refractivity contribution in [2.24, 2.45) is 4.99 Å². The first-order chi connectivity index (χ1) is 17.8. The first kappa shape index (κ1) is 25.1. The van der Waals surface area contributed by atoms with E-state index < -0.39 is 17.8 Å². The molecule has 13 heteroatoms. The molecule has 2 aliphatic heterocycles. The zero-order chi connectivity index (χ0) is 26.2. The molecule has 2 aliphatic rings. The molecule has 9 nitrogen and oxygen atoms in total. The fourth-order valence-electron chi connectivity index (χ4n) is 4.34. The fraction of sp³-hybridized carbons (Fsp3) is 0.292. The van der Waals surface area contributed by atoms with E-state index >= 15 is 0 Å². The topological polar surface area (TPSA) is 81.4 Å². The molecule has 5 rings (SSSR count). The van der Waals surface area contributed by atoms with E-state index in [2.05, 4.69) is 15.0 Å². The first-order valence-electron chi connectivity index (χ1n) is 11.3. The van der Waals surface area contributed by atoms with Gasteiger partial charge in [-0.2, -0.15) is 18.3 Å². The number of benzene rings is 2. The van der Waals surface area contributed by atoms with Crippen molar-refractivity contribution in [1.29, 1.82) is 0 Å². The summed E-state index contributed by atoms with van der Waals surface area (Å²) in [7, 11) is 2.90. The first-order valence-corrected chi connectivity index (χ1v) is 12.0. The molecule has 0 fully saturated rings. The summed E-state index contributed by atoms with van der Waals surface area (Å²) in [4.78, 5) is 24.2. The van der Waals surface area contributed by atoms with Gasteiger partial charge in [0.1, 0.15) is 17.3 Å². The van der Waals surface area contributed by atoms with Gasteiger partial charge >= 0.3 is 6.18 Å². The molecule has 0 spiro atoms. The van der Waals surface area contributed by atoms with Crippen LogP contribution in [0.3, 0.4) is 0 Å². The van der Waals surface area contributed by atoms with Gasteiger partial charge in [-0.1, -0.05) is 0 Å². The van der Waals surface area contributed by atoms with Crippen LogP contribution in [0, 0.1) is 0 Å². The van der Waals surface area contributed by atoms with Crippen molar-refractivity contribution in [3.8, 4) is 11.4 Å². The highest BCUT2D eigenvalue weighted by atomic mass is 32.2. The number of fused-ring (bicyclic) bond motifs is 1. The highest BCUT2D eigenvalue weighted by Crippen LogP contribution is 2.37. The number of methoxy groups -OCH3 is 1. The molecular formula is C24H22F3N5O4S. The lowest BCUT2D eigenvalue weighted by Gasteiger charge is -2.28. The van der Waals surface area contributed by atoms with E-state index in [4.69, 9.17) is 9.07 Å². The number of carbonyl (C=O) groups excluding carboxylic acids is 1. The molecule has 3 heterocycles. The molecule has 0 bridgehead atoms. The second-order valence-corrected chi connectivity index (χ2v) is 8.88. The lowest BCUT2D eigenvalue weighted by Crippen LogP contribution is -2.39. The van der Waals surface area contributed by atoms with Crippen LogP contribution in [0.5, 0.6) is 5.75 Å². The average molecular weight is 534 g/mol. The third-order valence-electron chi connectivity index (χ3n) is 6.03. The zero-order valence-electron chi connectivity index (χ0n) is 19.9. The van der Waals surface area contributed by atoms with Crippen molar-refractivity contribution in [1.82, 2.24) is 14.1 Å². The van der Waals surface area contributed by atoms with Crippen LogP contribution >= 0.6 is 12.2 Å². The van der Waals surface area contributed by atoms with Crippen LogP contribution in [-0.4, -0.2) is 59.7 Å². The molecule has 0 aliphatic carbocycles. The SMILES string of the molecule is COOSN1CCN=C1c1ccc(N2CCc3c(C(F)(F)F)nn(-c4ccc(OC)cc4)c3C2=O)cc1. The number of amidine groups is 1. The Bertz CT molecular complexity index is 1330. The quantitative estimate of drug-likeness (QED) is 0.194. The smallest absolute Gasteiger partial charge is 0.435 e. The summed E-state index contributed by atoms with van der Waals surface area (Å²) >= 11 is 1.02. The van der Waals surface area contributed by atoms with Gasteiger partial charge in [0.2, 0.25) is 0 Å². The molecule has 0 atom stereocenters. The summed E-state index contributed by atoms with van der Waals surface area (Å²) in [6.45, 7) is 1.34. The molecule has 37 heavy (non-hydrogen) atoms. The fourth-order valence-corrected chi connectivity index (χ4v) is 4.87. The van der Waals surface area contributed by atoms with E-state index in [1.165, 1.54) is 19.1 Å². The number of hydrogen-bond donors (Lipinski definition) is 0. The number of aliphatic imine (C=N–C) groups is 1. The minimum absolute atomic E-state index is 0.0132. The van der Waals surface area contributed by atoms with Crippen molar-refractivity contribution in [3.05, 3.63) is 71.0 Å². The Morgan fingerprint density at radius 3 is 2.32 bits per heavy atom. The molecule has 2 aromatic carbocycles. The molecule has 1 amide bonds. The number of anilines is 1. The summed E-state index contributed by atoms with van der Waals surface area (Å²) in [5, 5.41) is 3.82. The van der Waals surface area contributed by atoms with E-state index in [-0.39, 0.29) is 24.2 Å². The molecule has 0 N–H and O–H groups in total. The third-order valence-corrected chi connectivity index (χ3v) is 6.76.